The van der Waals surface area contributed by atoms with Gasteiger partial charge in [-0.2, -0.15) is 0 Å². The Balaban J connectivity index is 1.17. The first-order chi connectivity index (χ1) is 14.0. The van der Waals surface area contributed by atoms with E-state index in [-0.39, 0.29) is 0 Å². The van der Waals surface area contributed by atoms with Gasteiger partial charge in [0.15, 0.2) is 0 Å². The first-order valence-corrected chi connectivity index (χ1v) is 11.4. The van der Waals surface area contributed by atoms with Crippen LogP contribution in [0.5, 0.6) is 0 Å². The van der Waals surface area contributed by atoms with Gasteiger partial charge in [-0.1, -0.05) is 42.5 Å². The third-order valence-electron chi connectivity index (χ3n) is 7.59. The number of likely N-dealkylation sites (tertiary alicyclic amines) is 1. The standard InChI is InChI=1S/C26H34N2O/c1-25(29,23-5-3-2-4-6-23)19-27-16-13-26(14-17-27)15-18-28(20-26)24-11-9-22(10-12-24)21-7-8-21/h2-6,9-12,21,29H,7-8,13-20H2,1H3. The van der Waals surface area contributed by atoms with Crippen LogP contribution in [0.1, 0.15) is 56.1 Å². The molecule has 2 saturated heterocycles. The maximum Gasteiger partial charge on any atom is 0.0994 e. The minimum absolute atomic E-state index is 0.463. The third kappa shape index (κ3) is 4.08. The van der Waals surface area contributed by atoms with Crippen LogP contribution in [0.15, 0.2) is 54.6 Å². The van der Waals surface area contributed by atoms with E-state index in [2.05, 4.69) is 34.1 Å². The van der Waals surface area contributed by atoms with Gasteiger partial charge in [0, 0.05) is 25.3 Å². The summed E-state index contributed by atoms with van der Waals surface area (Å²) in [6, 6.07) is 19.5. The van der Waals surface area contributed by atoms with E-state index in [9.17, 15) is 5.11 Å². The molecule has 0 amide bonds. The molecule has 1 N–H and O–H groups in total. The van der Waals surface area contributed by atoms with Crippen LogP contribution in [0.3, 0.4) is 0 Å². The molecule has 3 nitrogen and oxygen atoms in total. The molecular formula is C26H34N2O. The molecule has 1 saturated carbocycles. The Labute approximate surface area is 175 Å². The van der Waals surface area contributed by atoms with Gasteiger partial charge < -0.3 is 14.9 Å². The molecule has 2 heterocycles. The van der Waals surface area contributed by atoms with Crippen LogP contribution in [0.4, 0.5) is 5.69 Å². The maximum absolute atomic E-state index is 11.0. The molecule has 1 spiro atoms. The summed E-state index contributed by atoms with van der Waals surface area (Å²) in [7, 11) is 0. The summed E-state index contributed by atoms with van der Waals surface area (Å²) in [6.07, 6.45) is 6.54. The average molecular weight is 391 g/mol. The molecule has 5 rings (SSSR count). The Kier molecular flexibility index (Phi) is 4.92. The van der Waals surface area contributed by atoms with Crippen molar-refractivity contribution in [2.45, 2.75) is 50.5 Å². The number of benzene rings is 2. The number of rotatable bonds is 5. The molecule has 1 atom stereocenters. The van der Waals surface area contributed by atoms with E-state index >= 15 is 0 Å². The van der Waals surface area contributed by atoms with Crippen LogP contribution in [0.25, 0.3) is 0 Å². The van der Waals surface area contributed by atoms with Gasteiger partial charge in [0.2, 0.25) is 0 Å². The van der Waals surface area contributed by atoms with E-state index in [0.29, 0.717) is 5.41 Å². The summed E-state index contributed by atoms with van der Waals surface area (Å²) in [5.74, 6) is 0.839. The highest BCUT2D eigenvalue weighted by molar-refractivity contribution is 5.50. The Morgan fingerprint density at radius 3 is 2.24 bits per heavy atom. The number of hydrogen-bond donors (Lipinski definition) is 1. The molecule has 1 unspecified atom stereocenters. The first-order valence-electron chi connectivity index (χ1n) is 11.4. The minimum Gasteiger partial charge on any atom is -0.384 e. The number of aliphatic hydroxyl groups is 1. The molecule has 3 heteroatoms. The average Bonchev–Trinajstić information content (AvgIpc) is 3.52. The van der Waals surface area contributed by atoms with Crippen LogP contribution in [0.2, 0.25) is 0 Å². The second kappa shape index (κ2) is 7.45. The van der Waals surface area contributed by atoms with Gasteiger partial charge in [-0.05, 0) is 86.7 Å². The highest BCUT2D eigenvalue weighted by Gasteiger charge is 2.41. The maximum atomic E-state index is 11.0. The molecule has 0 bridgehead atoms. The topological polar surface area (TPSA) is 26.7 Å². The fourth-order valence-electron chi connectivity index (χ4n) is 5.45. The van der Waals surface area contributed by atoms with Crippen molar-refractivity contribution in [2.75, 3.05) is 37.6 Å². The van der Waals surface area contributed by atoms with Crippen molar-refractivity contribution in [3.8, 4) is 0 Å². The predicted molar refractivity (Wildman–Crippen MR) is 119 cm³/mol. The third-order valence-corrected chi connectivity index (χ3v) is 7.59. The van der Waals surface area contributed by atoms with E-state index in [0.717, 1.165) is 31.1 Å². The smallest absolute Gasteiger partial charge is 0.0994 e. The van der Waals surface area contributed by atoms with Crippen LogP contribution in [-0.2, 0) is 5.60 Å². The van der Waals surface area contributed by atoms with Gasteiger partial charge in [-0.25, -0.2) is 0 Å². The number of anilines is 1. The number of β-amino-alcohol motifs (C(OH)–C–C–N with tert-alkyl or cyclic N) is 1. The zero-order chi connectivity index (χ0) is 19.9. The van der Waals surface area contributed by atoms with E-state index in [4.69, 9.17) is 0 Å². The fourth-order valence-corrected chi connectivity index (χ4v) is 5.45. The zero-order valence-corrected chi connectivity index (χ0v) is 17.7. The fraction of sp³-hybridized carbons (Fsp3) is 0.538. The molecule has 2 aliphatic heterocycles. The number of nitrogens with zero attached hydrogens (tertiary/aromatic N) is 2. The quantitative estimate of drug-likeness (QED) is 0.797. The normalized spacial score (nSPS) is 24.0. The summed E-state index contributed by atoms with van der Waals surface area (Å²) in [5, 5.41) is 11.0. The monoisotopic (exact) mass is 390 g/mol. The Morgan fingerprint density at radius 1 is 0.931 bits per heavy atom. The Hall–Kier alpha value is -1.84. The largest absolute Gasteiger partial charge is 0.384 e. The highest BCUT2D eigenvalue weighted by Crippen LogP contribution is 2.44. The molecule has 0 aromatic heterocycles. The summed E-state index contributed by atoms with van der Waals surface area (Å²) >= 11 is 0. The summed E-state index contributed by atoms with van der Waals surface area (Å²) in [6.45, 7) is 7.24. The molecule has 3 fully saturated rings. The van der Waals surface area contributed by atoms with Crippen LogP contribution in [0, 0.1) is 5.41 Å². The van der Waals surface area contributed by atoms with Crippen LogP contribution in [-0.4, -0.2) is 42.7 Å². The Bertz CT molecular complexity index is 818. The predicted octanol–water partition coefficient (Wildman–Crippen LogP) is 4.76. The van der Waals surface area contributed by atoms with Crippen molar-refractivity contribution in [2.24, 2.45) is 5.41 Å². The van der Waals surface area contributed by atoms with Gasteiger partial charge in [0.25, 0.3) is 0 Å². The van der Waals surface area contributed by atoms with E-state index in [1.807, 2.05) is 37.3 Å². The van der Waals surface area contributed by atoms with Crippen molar-refractivity contribution in [3.63, 3.8) is 0 Å². The van der Waals surface area contributed by atoms with Crippen molar-refractivity contribution < 1.29 is 5.11 Å². The van der Waals surface area contributed by atoms with Crippen LogP contribution >= 0.6 is 0 Å². The lowest BCUT2D eigenvalue weighted by Crippen LogP contribution is -2.46. The van der Waals surface area contributed by atoms with Gasteiger partial charge >= 0.3 is 0 Å². The molecule has 2 aromatic carbocycles. The number of piperidine rings is 1. The van der Waals surface area contributed by atoms with Gasteiger partial charge in [-0.3, -0.25) is 0 Å². The zero-order valence-electron chi connectivity index (χ0n) is 17.7. The van der Waals surface area contributed by atoms with Gasteiger partial charge in [0.1, 0.15) is 0 Å². The minimum atomic E-state index is -0.781. The molecule has 3 aliphatic rings. The van der Waals surface area contributed by atoms with Crippen molar-refractivity contribution in [1.29, 1.82) is 0 Å². The molecule has 154 valence electrons. The lowest BCUT2D eigenvalue weighted by molar-refractivity contribution is -0.00313. The van der Waals surface area contributed by atoms with Crippen molar-refractivity contribution >= 4 is 5.69 Å². The molecular weight excluding hydrogens is 356 g/mol. The highest BCUT2D eigenvalue weighted by atomic mass is 16.3. The summed E-state index contributed by atoms with van der Waals surface area (Å²) < 4.78 is 0. The number of hydrogen-bond acceptors (Lipinski definition) is 3. The van der Waals surface area contributed by atoms with E-state index < -0.39 is 5.60 Å². The van der Waals surface area contributed by atoms with E-state index in [1.165, 1.54) is 56.4 Å². The van der Waals surface area contributed by atoms with Crippen molar-refractivity contribution in [1.82, 2.24) is 4.90 Å². The summed E-state index contributed by atoms with van der Waals surface area (Å²) in [4.78, 5) is 5.07. The van der Waals surface area contributed by atoms with E-state index in [1.54, 1.807) is 0 Å². The molecule has 29 heavy (non-hydrogen) atoms. The molecule has 1 aliphatic carbocycles. The molecule has 2 aromatic rings. The first kappa shape index (κ1) is 19.1. The van der Waals surface area contributed by atoms with Crippen molar-refractivity contribution in [3.05, 3.63) is 65.7 Å². The lowest BCUT2D eigenvalue weighted by Gasteiger charge is -2.41. The summed E-state index contributed by atoms with van der Waals surface area (Å²) in [5.41, 5.74) is 3.63. The Morgan fingerprint density at radius 2 is 1.59 bits per heavy atom. The van der Waals surface area contributed by atoms with Crippen LogP contribution < -0.4 is 4.90 Å². The van der Waals surface area contributed by atoms with Gasteiger partial charge in [0.05, 0.1) is 5.60 Å². The second-order valence-electron chi connectivity index (χ2n) is 9.95. The second-order valence-corrected chi connectivity index (χ2v) is 9.95. The SMILES string of the molecule is CC(O)(CN1CCC2(CC1)CCN(c1ccc(C3CC3)cc1)C2)c1ccccc1. The van der Waals surface area contributed by atoms with Gasteiger partial charge in [-0.15, -0.1) is 0 Å². The lowest BCUT2D eigenvalue weighted by atomic mass is 9.77. The molecule has 0 radical (unpaired) electrons.